The molecular formula is C12H14N2O5S. The summed E-state index contributed by atoms with van der Waals surface area (Å²) in [7, 11) is -1.65. The summed E-state index contributed by atoms with van der Waals surface area (Å²) >= 11 is 0. The summed E-state index contributed by atoms with van der Waals surface area (Å²) in [4.78, 5) is 28.4. The second kappa shape index (κ2) is 5.20. The molecule has 2 heterocycles. The van der Waals surface area contributed by atoms with Crippen LogP contribution >= 0.6 is 0 Å². The molecule has 7 nitrogen and oxygen atoms in total. The monoisotopic (exact) mass is 298 g/mol. The first-order valence-corrected chi connectivity index (χ1v) is 7.80. The summed E-state index contributed by atoms with van der Waals surface area (Å²) in [6.07, 6.45) is 1.69. The number of pyridine rings is 1. The van der Waals surface area contributed by atoms with E-state index in [-0.39, 0.29) is 22.8 Å². The zero-order chi connectivity index (χ0) is 14.9. The molecule has 0 bridgehead atoms. The van der Waals surface area contributed by atoms with Crippen molar-refractivity contribution in [3.05, 3.63) is 29.6 Å². The van der Waals surface area contributed by atoms with Crippen molar-refractivity contribution in [3.63, 3.8) is 0 Å². The molecule has 1 N–H and O–H groups in total. The molecule has 108 valence electrons. The van der Waals surface area contributed by atoms with Gasteiger partial charge >= 0.3 is 5.97 Å². The van der Waals surface area contributed by atoms with Gasteiger partial charge in [-0.25, -0.2) is 13.2 Å². The van der Waals surface area contributed by atoms with Crippen LogP contribution in [0, 0.1) is 0 Å². The topological polar surface area (TPSA) is 105 Å². The van der Waals surface area contributed by atoms with Crippen LogP contribution in [0.4, 0.5) is 0 Å². The average molecular weight is 298 g/mol. The van der Waals surface area contributed by atoms with Crippen molar-refractivity contribution in [2.24, 2.45) is 0 Å². The summed E-state index contributed by atoms with van der Waals surface area (Å²) in [6, 6.07) is 2.29. The molecule has 8 heteroatoms. The lowest BCUT2D eigenvalue weighted by molar-refractivity contribution is 0.0669. The van der Waals surface area contributed by atoms with Gasteiger partial charge < -0.3 is 10.0 Å². The highest BCUT2D eigenvalue weighted by Gasteiger charge is 2.34. The van der Waals surface area contributed by atoms with Crippen LogP contribution in [0.2, 0.25) is 0 Å². The number of aromatic carboxylic acids is 1. The number of carbonyl (C=O) groups excluding carboxylic acids is 1. The van der Waals surface area contributed by atoms with Gasteiger partial charge in [-0.05, 0) is 18.6 Å². The molecule has 1 saturated heterocycles. The molecule has 1 aliphatic rings. The lowest BCUT2D eigenvalue weighted by Crippen LogP contribution is -2.39. The fourth-order valence-electron chi connectivity index (χ4n) is 2.16. The number of carbonyl (C=O) groups is 2. The molecule has 2 rings (SSSR count). The number of carboxylic acids is 1. The van der Waals surface area contributed by atoms with Gasteiger partial charge in [-0.3, -0.25) is 9.78 Å². The highest BCUT2D eigenvalue weighted by Crippen LogP contribution is 2.19. The first-order chi connectivity index (χ1) is 9.32. The summed E-state index contributed by atoms with van der Waals surface area (Å²) in [5.41, 5.74) is -0.364. The molecule has 1 aromatic heterocycles. The Hall–Kier alpha value is -1.96. The van der Waals surface area contributed by atoms with Gasteiger partial charge in [-0.15, -0.1) is 0 Å². The molecular weight excluding hydrogens is 284 g/mol. The van der Waals surface area contributed by atoms with Crippen molar-refractivity contribution in [1.29, 1.82) is 0 Å². The number of carboxylic acid groups (broad SMARTS) is 1. The number of nitrogens with zero attached hydrogens (tertiary/aromatic N) is 2. The van der Waals surface area contributed by atoms with Crippen LogP contribution in [0.1, 0.15) is 27.3 Å². The molecule has 1 aliphatic heterocycles. The second-order valence-corrected chi connectivity index (χ2v) is 6.91. The van der Waals surface area contributed by atoms with Crippen LogP contribution in [0.5, 0.6) is 0 Å². The quantitative estimate of drug-likeness (QED) is 0.844. The fourth-order valence-corrected chi connectivity index (χ4v) is 3.94. The van der Waals surface area contributed by atoms with Crippen LogP contribution in [-0.4, -0.2) is 59.9 Å². The third-order valence-electron chi connectivity index (χ3n) is 3.32. The van der Waals surface area contributed by atoms with Crippen LogP contribution in [0.25, 0.3) is 0 Å². The lowest BCUT2D eigenvalue weighted by Gasteiger charge is -2.23. The maximum atomic E-state index is 12.3. The Balaban J connectivity index is 2.26. The van der Waals surface area contributed by atoms with Gasteiger partial charge in [-0.1, -0.05) is 0 Å². The normalized spacial score (nSPS) is 20.6. The first-order valence-electron chi connectivity index (χ1n) is 5.98. The van der Waals surface area contributed by atoms with Gasteiger partial charge in [0.1, 0.15) is 5.69 Å². The Bertz CT molecular complexity index is 656. The van der Waals surface area contributed by atoms with E-state index in [1.54, 1.807) is 0 Å². The molecule has 0 aromatic carbocycles. The maximum Gasteiger partial charge on any atom is 0.338 e. The third-order valence-corrected chi connectivity index (χ3v) is 5.07. The predicted octanol–water partition coefficient (Wildman–Crippen LogP) is 0.0389. The van der Waals surface area contributed by atoms with E-state index in [1.807, 2.05) is 0 Å². The van der Waals surface area contributed by atoms with Gasteiger partial charge in [0.25, 0.3) is 5.91 Å². The highest BCUT2D eigenvalue weighted by atomic mass is 32.2. The van der Waals surface area contributed by atoms with Crippen LogP contribution in [0.3, 0.4) is 0 Å². The number of rotatable bonds is 3. The minimum absolute atomic E-state index is 0.0449. The fraction of sp³-hybridized carbons (Fsp3) is 0.417. The molecule has 1 unspecified atom stereocenters. The van der Waals surface area contributed by atoms with Gasteiger partial charge in [0.05, 0.1) is 17.1 Å². The Morgan fingerprint density at radius 3 is 2.70 bits per heavy atom. The summed E-state index contributed by atoms with van der Waals surface area (Å²) < 4.78 is 22.9. The van der Waals surface area contributed by atoms with Gasteiger partial charge in [0.2, 0.25) is 0 Å². The van der Waals surface area contributed by atoms with Gasteiger partial charge in [-0.2, -0.15) is 0 Å². The zero-order valence-corrected chi connectivity index (χ0v) is 11.6. The van der Waals surface area contributed by atoms with Crippen molar-refractivity contribution in [1.82, 2.24) is 9.88 Å². The van der Waals surface area contributed by atoms with E-state index in [2.05, 4.69) is 4.98 Å². The van der Waals surface area contributed by atoms with E-state index in [9.17, 15) is 18.0 Å². The van der Waals surface area contributed by atoms with E-state index < -0.39 is 27.8 Å². The molecule has 1 atom stereocenters. The standard InChI is InChI=1S/C12H14N2O5S/c1-14(8-4-6-20(18,19)7-8)11(15)10-9(12(16)17)3-2-5-13-10/h2-3,5,8H,4,6-7H2,1H3,(H,16,17). The van der Waals surface area contributed by atoms with Crippen LogP contribution < -0.4 is 0 Å². The van der Waals surface area contributed by atoms with Gasteiger partial charge in [0.15, 0.2) is 9.84 Å². The van der Waals surface area contributed by atoms with Crippen molar-refractivity contribution < 1.29 is 23.1 Å². The van der Waals surface area contributed by atoms with Crippen LogP contribution in [0.15, 0.2) is 18.3 Å². The van der Waals surface area contributed by atoms with E-state index >= 15 is 0 Å². The molecule has 1 aromatic rings. The Labute approximate surface area is 116 Å². The molecule has 0 spiro atoms. The number of aromatic nitrogens is 1. The van der Waals surface area contributed by atoms with Crippen LogP contribution in [-0.2, 0) is 9.84 Å². The molecule has 0 radical (unpaired) electrons. The Morgan fingerprint density at radius 2 is 2.15 bits per heavy atom. The smallest absolute Gasteiger partial charge is 0.338 e. The summed E-state index contributed by atoms with van der Waals surface area (Å²) in [5, 5.41) is 9.04. The Kier molecular flexibility index (Phi) is 3.76. The molecule has 0 saturated carbocycles. The molecule has 1 amide bonds. The Morgan fingerprint density at radius 1 is 1.45 bits per heavy atom. The maximum absolute atomic E-state index is 12.3. The van der Waals surface area contributed by atoms with E-state index in [4.69, 9.17) is 5.11 Å². The highest BCUT2D eigenvalue weighted by molar-refractivity contribution is 7.91. The summed E-state index contributed by atoms with van der Waals surface area (Å²) in [5.74, 6) is -1.87. The minimum Gasteiger partial charge on any atom is -0.478 e. The van der Waals surface area contributed by atoms with Crippen molar-refractivity contribution in [2.45, 2.75) is 12.5 Å². The van der Waals surface area contributed by atoms with E-state index in [0.717, 1.165) is 0 Å². The summed E-state index contributed by atoms with van der Waals surface area (Å²) in [6.45, 7) is 0. The second-order valence-electron chi connectivity index (χ2n) is 4.68. The third kappa shape index (κ3) is 2.79. The predicted molar refractivity (Wildman–Crippen MR) is 70.3 cm³/mol. The first kappa shape index (κ1) is 14.4. The SMILES string of the molecule is CN(C(=O)c1ncccc1C(=O)O)C1CCS(=O)(=O)C1. The molecule has 1 fully saturated rings. The van der Waals surface area contributed by atoms with Gasteiger partial charge in [0, 0.05) is 19.3 Å². The average Bonchev–Trinajstić information content (AvgIpc) is 2.77. The zero-order valence-electron chi connectivity index (χ0n) is 10.8. The number of amides is 1. The molecule has 0 aliphatic carbocycles. The number of sulfone groups is 1. The van der Waals surface area contributed by atoms with Crippen molar-refractivity contribution >= 4 is 21.7 Å². The largest absolute Gasteiger partial charge is 0.478 e. The minimum atomic E-state index is -3.11. The van der Waals surface area contributed by atoms with E-state index in [1.165, 1.54) is 30.3 Å². The number of hydrogen-bond acceptors (Lipinski definition) is 5. The van der Waals surface area contributed by atoms with E-state index in [0.29, 0.717) is 6.42 Å². The number of hydrogen-bond donors (Lipinski definition) is 1. The van der Waals surface area contributed by atoms with Crippen molar-refractivity contribution in [2.75, 3.05) is 18.6 Å². The van der Waals surface area contributed by atoms with Crippen molar-refractivity contribution in [3.8, 4) is 0 Å². The molecule has 20 heavy (non-hydrogen) atoms. The lowest BCUT2D eigenvalue weighted by atomic mass is 10.1.